The zero-order valence-electron chi connectivity index (χ0n) is 23.2. The predicted molar refractivity (Wildman–Crippen MR) is 152 cm³/mol. The number of aliphatic carboxylic acids is 4. The molecule has 0 atom stereocenters. The normalized spacial score (nSPS) is 11.4. The minimum absolute atomic E-state index is 0.169. The quantitative estimate of drug-likeness (QED) is 0.144. The molecule has 3 aromatic rings. The maximum absolute atomic E-state index is 13.7. The number of hydrogen-bond acceptors (Lipinski definition) is 10. The number of hydrogen-bond donors (Lipinski definition) is 5. The molecule has 3 aromatic carbocycles. The van der Waals surface area contributed by atoms with Crippen LogP contribution in [0.2, 0.25) is 0 Å². The topological polar surface area (TPSA) is 219 Å². The van der Waals surface area contributed by atoms with Crippen LogP contribution in [0.4, 0.5) is 0 Å². The molecule has 0 heterocycles. The van der Waals surface area contributed by atoms with Gasteiger partial charge in [0.1, 0.15) is 18.1 Å². The lowest BCUT2D eigenvalue weighted by Gasteiger charge is -2.23. The Morgan fingerprint density at radius 2 is 1.07 bits per heavy atom. The van der Waals surface area contributed by atoms with Crippen LogP contribution in [0, 0.1) is 0 Å². The fourth-order valence-corrected chi connectivity index (χ4v) is 5.66. The summed E-state index contributed by atoms with van der Waals surface area (Å²) in [5, 5.41) is 47.9. The Labute approximate surface area is 251 Å². The van der Waals surface area contributed by atoms with Gasteiger partial charge in [-0.3, -0.25) is 29.0 Å². The van der Waals surface area contributed by atoms with E-state index in [0.29, 0.717) is 5.75 Å². The Hall–Kier alpha value is -4.99. The zero-order valence-corrected chi connectivity index (χ0v) is 24.0. The van der Waals surface area contributed by atoms with Crippen molar-refractivity contribution in [3.63, 3.8) is 0 Å². The number of carboxylic acid groups (broad SMARTS) is 4. The summed E-state index contributed by atoms with van der Waals surface area (Å²) in [6.45, 7) is -3.81. The van der Waals surface area contributed by atoms with Crippen LogP contribution in [0.5, 0.6) is 11.5 Å². The number of phenolic OH excluding ortho intramolecular Hbond substituents is 1. The van der Waals surface area contributed by atoms with Crippen molar-refractivity contribution in [2.24, 2.45) is 0 Å². The van der Waals surface area contributed by atoms with Gasteiger partial charge in [-0.2, -0.15) is 0 Å². The first-order valence-corrected chi connectivity index (χ1v) is 14.4. The number of benzene rings is 3. The average Bonchev–Trinajstić information content (AvgIpc) is 2.93. The van der Waals surface area contributed by atoms with E-state index in [9.17, 15) is 53.1 Å². The number of phenols is 1. The molecule has 0 saturated carbocycles. The van der Waals surface area contributed by atoms with Crippen LogP contribution < -0.4 is 4.74 Å². The molecular formula is C29H30N2O12S. The maximum atomic E-state index is 13.7. The maximum Gasteiger partial charge on any atom is 0.317 e. The highest BCUT2D eigenvalue weighted by atomic mass is 32.2. The van der Waals surface area contributed by atoms with Crippen LogP contribution in [-0.4, -0.2) is 93.8 Å². The number of ether oxygens (including phenoxy) is 1. The van der Waals surface area contributed by atoms with Crippen LogP contribution in [0.25, 0.3) is 0 Å². The van der Waals surface area contributed by atoms with Crippen molar-refractivity contribution in [1.82, 2.24) is 9.80 Å². The van der Waals surface area contributed by atoms with E-state index in [1.54, 1.807) is 0 Å². The molecule has 0 aliphatic heterocycles. The first-order chi connectivity index (χ1) is 20.7. The van der Waals surface area contributed by atoms with E-state index < -0.39 is 78.7 Å². The highest BCUT2D eigenvalue weighted by Crippen LogP contribution is 2.32. The number of carbonyl (C=O) groups is 4. The molecular weight excluding hydrogens is 600 g/mol. The molecule has 0 amide bonds. The molecule has 0 aliphatic rings. The molecule has 234 valence electrons. The van der Waals surface area contributed by atoms with Gasteiger partial charge >= 0.3 is 23.9 Å². The standard InChI is InChI=1S/C29H30N2O12S/c32-25(33)14-30(15-26(34)35)12-20-10-24(11-21(29(20)40)13-31(16-27(36)37)17-28(38)39)44(41,42)23-8-6-22(7-9-23)43-18-19-4-2-1-3-5-19/h1-11,40H,12-18H2,(H,32,33)(H,34,35)(H,36,37)(H,38,39). The van der Waals surface area contributed by atoms with E-state index in [0.717, 1.165) is 27.5 Å². The van der Waals surface area contributed by atoms with Gasteiger partial charge < -0.3 is 30.3 Å². The zero-order chi connectivity index (χ0) is 32.4. The van der Waals surface area contributed by atoms with Gasteiger partial charge in [-0.15, -0.1) is 0 Å². The second-order valence-electron chi connectivity index (χ2n) is 9.70. The SMILES string of the molecule is O=C(O)CN(CC(=O)O)Cc1cc(S(=O)(=O)c2ccc(OCc3ccccc3)cc2)cc(CN(CC(=O)O)CC(=O)O)c1O. The van der Waals surface area contributed by atoms with Crippen molar-refractivity contribution in [2.45, 2.75) is 29.5 Å². The Morgan fingerprint density at radius 1 is 0.636 bits per heavy atom. The molecule has 5 N–H and O–H groups in total. The summed E-state index contributed by atoms with van der Waals surface area (Å²) in [6.07, 6.45) is 0. The van der Waals surface area contributed by atoms with Crippen LogP contribution >= 0.6 is 0 Å². The van der Waals surface area contributed by atoms with E-state index >= 15 is 0 Å². The van der Waals surface area contributed by atoms with Crippen LogP contribution in [0.3, 0.4) is 0 Å². The highest BCUT2D eigenvalue weighted by molar-refractivity contribution is 7.91. The Bertz CT molecular complexity index is 1520. The summed E-state index contributed by atoms with van der Waals surface area (Å²) in [4.78, 5) is 46.6. The first-order valence-electron chi connectivity index (χ1n) is 12.9. The molecule has 0 fully saturated rings. The van der Waals surface area contributed by atoms with E-state index in [1.807, 2.05) is 30.3 Å². The van der Waals surface area contributed by atoms with E-state index in [-0.39, 0.29) is 27.5 Å². The van der Waals surface area contributed by atoms with Gasteiger partial charge in [0.25, 0.3) is 0 Å². The van der Waals surface area contributed by atoms with Crippen molar-refractivity contribution >= 4 is 33.7 Å². The lowest BCUT2D eigenvalue weighted by molar-refractivity contribution is -0.144. The number of nitrogens with zero attached hydrogens (tertiary/aromatic N) is 2. The Balaban J connectivity index is 2.02. The van der Waals surface area contributed by atoms with Gasteiger partial charge in [-0.1, -0.05) is 30.3 Å². The summed E-state index contributed by atoms with van der Waals surface area (Å²) in [6, 6.07) is 16.9. The summed E-state index contributed by atoms with van der Waals surface area (Å²) in [5.41, 5.74) is 0.557. The third-order valence-corrected chi connectivity index (χ3v) is 7.91. The van der Waals surface area contributed by atoms with E-state index in [4.69, 9.17) is 4.74 Å². The number of rotatable bonds is 17. The summed E-state index contributed by atoms with van der Waals surface area (Å²) in [7, 11) is -4.32. The average molecular weight is 631 g/mol. The predicted octanol–water partition coefficient (Wildman–Crippen LogP) is 1.75. The third-order valence-electron chi connectivity index (χ3n) is 6.16. The smallest absolute Gasteiger partial charge is 0.317 e. The molecule has 15 heteroatoms. The number of carboxylic acids is 4. The van der Waals surface area contributed by atoms with Crippen molar-refractivity contribution in [2.75, 3.05) is 26.2 Å². The Kier molecular flexibility index (Phi) is 11.4. The van der Waals surface area contributed by atoms with Gasteiger partial charge in [0.2, 0.25) is 9.84 Å². The Morgan fingerprint density at radius 3 is 1.48 bits per heavy atom. The van der Waals surface area contributed by atoms with Crippen LogP contribution in [0.15, 0.2) is 76.5 Å². The van der Waals surface area contributed by atoms with Gasteiger partial charge in [0, 0.05) is 24.2 Å². The molecule has 0 saturated heterocycles. The molecule has 0 unspecified atom stereocenters. The summed E-state index contributed by atoms with van der Waals surface area (Å²) in [5.74, 6) is -5.69. The fraction of sp³-hybridized carbons (Fsp3) is 0.241. The molecule has 0 radical (unpaired) electrons. The highest BCUT2D eigenvalue weighted by Gasteiger charge is 2.25. The second-order valence-corrected chi connectivity index (χ2v) is 11.7. The molecule has 0 aromatic heterocycles. The van der Waals surface area contributed by atoms with Gasteiger partial charge in [0.15, 0.2) is 0 Å². The summed E-state index contributed by atoms with van der Waals surface area (Å²) < 4.78 is 33.1. The minimum atomic E-state index is -4.32. The molecule has 0 aliphatic carbocycles. The third kappa shape index (κ3) is 9.79. The van der Waals surface area contributed by atoms with E-state index in [1.165, 1.54) is 24.3 Å². The van der Waals surface area contributed by atoms with Crippen molar-refractivity contribution in [3.8, 4) is 11.5 Å². The first kappa shape index (κ1) is 33.5. The number of aromatic hydroxyl groups is 1. The van der Waals surface area contributed by atoms with Crippen molar-refractivity contribution in [1.29, 1.82) is 0 Å². The van der Waals surface area contributed by atoms with Crippen molar-refractivity contribution in [3.05, 3.63) is 83.4 Å². The molecule has 44 heavy (non-hydrogen) atoms. The number of sulfone groups is 1. The lowest BCUT2D eigenvalue weighted by Crippen LogP contribution is -2.35. The molecule has 3 rings (SSSR count). The monoisotopic (exact) mass is 630 g/mol. The largest absolute Gasteiger partial charge is 0.507 e. The van der Waals surface area contributed by atoms with Crippen molar-refractivity contribution < 1.29 is 57.9 Å². The van der Waals surface area contributed by atoms with E-state index in [2.05, 4.69) is 0 Å². The molecule has 0 bridgehead atoms. The molecule has 14 nitrogen and oxygen atoms in total. The second kappa shape index (κ2) is 15.0. The fourth-order valence-electron chi connectivity index (χ4n) is 4.30. The van der Waals surface area contributed by atoms with Gasteiger partial charge in [-0.05, 0) is 42.0 Å². The minimum Gasteiger partial charge on any atom is -0.507 e. The molecule has 0 spiro atoms. The summed E-state index contributed by atoms with van der Waals surface area (Å²) >= 11 is 0. The van der Waals surface area contributed by atoms with Crippen LogP contribution in [-0.2, 0) is 48.7 Å². The van der Waals surface area contributed by atoms with Crippen LogP contribution in [0.1, 0.15) is 16.7 Å². The van der Waals surface area contributed by atoms with Gasteiger partial charge in [-0.25, -0.2) is 8.42 Å². The lowest BCUT2D eigenvalue weighted by atomic mass is 10.1. The van der Waals surface area contributed by atoms with Gasteiger partial charge in [0.05, 0.1) is 36.0 Å².